The van der Waals surface area contributed by atoms with E-state index < -0.39 is 17.6 Å². The van der Waals surface area contributed by atoms with Gasteiger partial charge in [0.25, 0.3) is 0 Å². The maximum absolute atomic E-state index is 12.6. The first-order valence-corrected chi connectivity index (χ1v) is 12.1. The highest BCUT2D eigenvalue weighted by Crippen LogP contribution is 2.28. The first-order chi connectivity index (χ1) is 17.1. The van der Waals surface area contributed by atoms with Crippen LogP contribution < -0.4 is 24.4 Å². The Hall–Kier alpha value is -3.56. The Balaban J connectivity index is 2.14. The zero-order valence-electron chi connectivity index (χ0n) is 22.3. The van der Waals surface area contributed by atoms with Gasteiger partial charge in [0, 0.05) is 13.5 Å². The van der Waals surface area contributed by atoms with Crippen LogP contribution in [-0.4, -0.2) is 54.9 Å². The van der Waals surface area contributed by atoms with E-state index in [2.05, 4.69) is 22.2 Å². The molecule has 1 N–H and O–H groups in total. The molecule has 0 aliphatic heterocycles. The van der Waals surface area contributed by atoms with E-state index in [4.69, 9.17) is 18.9 Å². The van der Waals surface area contributed by atoms with E-state index in [1.54, 1.807) is 35.0 Å². The number of rotatable bonds is 12. The Morgan fingerprint density at radius 2 is 1.78 bits per heavy atom. The van der Waals surface area contributed by atoms with E-state index in [0.717, 1.165) is 36.1 Å². The van der Waals surface area contributed by atoms with Crippen molar-refractivity contribution in [2.24, 2.45) is 0 Å². The van der Waals surface area contributed by atoms with Gasteiger partial charge in [-0.3, -0.25) is 4.79 Å². The van der Waals surface area contributed by atoms with Crippen LogP contribution in [0.5, 0.6) is 17.2 Å². The summed E-state index contributed by atoms with van der Waals surface area (Å²) in [5, 5.41) is 3.23. The Kier molecular flexibility index (Phi) is 10.8. The van der Waals surface area contributed by atoms with Crippen molar-refractivity contribution in [1.82, 2.24) is 9.97 Å². The molecule has 0 bridgehead atoms. The number of unbranched alkanes of at least 4 members (excludes halogenated alkanes) is 1. The SMILES string of the molecule is CCCCNc1nc(N(C(C)=O)C(=O)OC(C)(C)C)ncc1OCCCc1ccc(OC)c(OC)c1. The summed E-state index contributed by atoms with van der Waals surface area (Å²) in [5.41, 5.74) is 0.322. The zero-order valence-corrected chi connectivity index (χ0v) is 22.3. The van der Waals surface area contributed by atoms with E-state index in [1.807, 2.05) is 18.2 Å². The Morgan fingerprint density at radius 1 is 1.06 bits per heavy atom. The predicted octanol–water partition coefficient (Wildman–Crippen LogP) is 5.01. The van der Waals surface area contributed by atoms with Crippen molar-refractivity contribution in [1.29, 1.82) is 0 Å². The van der Waals surface area contributed by atoms with Crippen LogP contribution in [0.25, 0.3) is 0 Å². The molecule has 2 aromatic rings. The lowest BCUT2D eigenvalue weighted by Gasteiger charge is -2.24. The van der Waals surface area contributed by atoms with Gasteiger partial charge in [0.15, 0.2) is 23.1 Å². The third-order valence-electron chi connectivity index (χ3n) is 4.97. The molecule has 0 fully saturated rings. The number of carbonyl (C=O) groups excluding carboxylic acids is 2. The van der Waals surface area contributed by atoms with Gasteiger partial charge in [0.05, 0.1) is 27.0 Å². The summed E-state index contributed by atoms with van der Waals surface area (Å²) in [6, 6.07) is 5.81. The number of methoxy groups -OCH3 is 2. The summed E-state index contributed by atoms with van der Waals surface area (Å²) in [6.45, 7) is 9.58. The minimum Gasteiger partial charge on any atom is -0.493 e. The molecule has 0 atom stereocenters. The van der Waals surface area contributed by atoms with Gasteiger partial charge in [-0.2, -0.15) is 9.88 Å². The average Bonchev–Trinajstić information content (AvgIpc) is 2.81. The lowest BCUT2D eigenvalue weighted by atomic mass is 10.1. The van der Waals surface area contributed by atoms with Gasteiger partial charge in [-0.1, -0.05) is 19.4 Å². The first kappa shape index (κ1) is 28.7. The molecule has 2 rings (SSSR count). The third kappa shape index (κ3) is 8.58. The van der Waals surface area contributed by atoms with Crippen LogP contribution in [0.1, 0.15) is 59.4 Å². The molecular weight excluding hydrogens is 464 g/mol. The van der Waals surface area contributed by atoms with Crippen molar-refractivity contribution in [2.45, 2.75) is 65.9 Å². The summed E-state index contributed by atoms with van der Waals surface area (Å²) in [4.78, 5) is 34.3. The quantitative estimate of drug-likeness (QED) is 0.400. The molecular formula is C26H38N4O6. The lowest BCUT2D eigenvalue weighted by Crippen LogP contribution is -2.40. The van der Waals surface area contributed by atoms with Crippen molar-refractivity contribution in [3.63, 3.8) is 0 Å². The standard InChI is InChI=1S/C26H38N4O6/c1-8-9-14-27-23-22(35-15-10-11-19-12-13-20(33-6)21(16-19)34-7)17-28-24(29-23)30(18(2)31)25(32)36-26(3,4)5/h12-13,16-17H,8-11,14-15H2,1-7H3,(H,27,28,29). The number of nitrogens with zero attached hydrogens (tertiary/aromatic N) is 3. The zero-order chi connectivity index (χ0) is 26.7. The fourth-order valence-electron chi connectivity index (χ4n) is 3.24. The smallest absolute Gasteiger partial charge is 0.424 e. The second-order valence-electron chi connectivity index (χ2n) is 9.14. The summed E-state index contributed by atoms with van der Waals surface area (Å²) < 4.78 is 22.0. The van der Waals surface area contributed by atoms with Gasteiger partial charge >= 0.3 is 6.09 Å². The summed E-state index contributed by atoms with van der Waals surface area (Å²) in [6.07, 6.45) is 4.05. The van der Waals surface area contributed by atoms with Gasteiger partial charge in [-0.15, -0.1) is 0 Å². The van der Waals surface area contributed by atoms with Crippen molar-refractivity contribution in [3.05, 3.63) is 30.0 Å². The maximum Gasteiger partial charge on any atom is 0.424 e. The molecule has 0 saturated heterocycles. The molecule has 198 valence electrons. The molecule has 0 aliphatic rings. The number of imide groups is 1. The van der Waals surface area contributed by atoms with E-state index in [9.17, 15) is 9.59 Å². The predicted molar refractivity (Wildman–Crippen MR) is 138 cm³/mol. The Bertz CT molecular complexity index is 1020. The number of amides is 2. The maximum atomic E-state index is 12.6. The minimum atomic E-state index is -0.835. The molecule has 2 amide bonds. The van der Waals surface area contributed by atoms with Crippen LogP contribution in [0.3, 0.4) is 0 Å². The normalized spacial score (nSPS) is 11.0. The monoisotopic (exact) mass is 502 g/mol. The molecule has 10 heteroatoms. The van der Waals surface area contributed by atoms with Gasteiger partial charge in [0.1, 0.15) is 5.60 Å². The van der Waals surface area contributed by atoms with Crippen LogP contribution >= 0.6 is 0 Å². The van der Waals surface area contributed by atoms with Crippen molar-refractivity contribution >= 4 is 23.8 Å². The molecule has 0 unspecified atom stereocenters. The van der Waals surface area contributed by atoms with Gasteiger partial charge < -0.3 is 24.3 Å². The molecule has 0 radical (unpaired) electrons. The fourth-order valence-corrected chi connectivity index (χ4v) is 3.24. The number of carbonyl (C=O) groups is 2. The Labute approximate surface area is 213 Å². The molecule has 0 saturated carbocycles. The number of hydrogen-bond acceptors (Lipinski definition) is 9. The Morgan fingerprint density at radius 3 is 2.39 bits per heavy atom. The van der Waals surface area contributed by atoms with Gasteiger partial charge in [-0.05, 0) is 57.7 Å². The highest BCUT2D eigenvalue weighted by molar-refractivity contribution is 6.10. The van der Waals surface area contributed by atoms with Crippen LogP contribution in [0.15, 0.2) is 24.4 Å². The van der Waals surface area contributed by atoms with Gasteiger partial charge in [-0.25, -0.2) is 9.78 Å². The molecule has 36 heavy (non-hydrogen) atoms. The fraction of sp³-hybridized carbons (Fsp3) is 0.538. The topological polar surface area (TPSA) is 112 Å². The van der Waals surface area contributed by atoms with Crippen LogP contribution in [0.4, 0.5) is 16.6 Å². The molecule has 10 nitrogen and oxygen atoms in total. The van der Waals surface area contributed by atoms with E-state index in [-0.39, 0.29) is 5.95 Å². The molecule has 1 aromatic carbocycles. The highest BCUT2D eigenvalue weighted by Gasteiger charge is 2.29. The summed E-state index contributed by atoms with van der Waals surface area (Å²) >= 11 is 0. The van der Waals surface area contributed by atoms with Gasteiger partial charge in [0.2, 0.25) is 11.9 Å². The average molecular weight is 503 g/mol. The second-order valence-corrected chi connectivity index (χ2v) is 9.14. The third-order valence-corrected chi connectivity index (χ3v) is 4.97. The highest BCUT2D eigenvalue weighted by atomic mass is 16.6. The largest absolute Gasteiger partial charge is 0.493 e. The van der Waals surface area contributed by atoms with Crippen molar-refractivity contribution in [3.8, 4) is 17.2 Å². The summed E-state index contributed by atoms with van der Waals surface area (Å²) in [5.74, 6) is 1.59. The second kappa shape index (κ2) is 13.5. The number of nitrogens with one attached hydrogen (secondary N) is 1. The number of ether oxygens (including phenoxy) is 4. The van der Waals surface area contributed by atoms with Crippen molar-refractivity contribution in [2.75, 3.05) is 37.6 Å². The number of benzene rings is 1. The lowest BCUT2D eigenvalue weighted by molar-refractivity contribution is -0.116. The number of aromatic nitrogens is 2. The molecule has 0 spiro atoms. The molecule has 0 aliphatic carbocycles. The van der Waals surface area contributed by atoms with E-state index >= 15 is 0 Å². The minimum absolute atomic E-state index is 0.0755. The molecule has 1 aromatic heterocycles. The first-order valence-electron chi connectivity index (χ1n) is 12.1. The molecule has 1 heterocycles. The van der Waals surface area contributed by atoms with E-state index in [1.165, 1.54) is 13.1 Å². The van der Waals surface area contributed by atoms with Crippen LogP contribution in [-0.2, 0) is 16.0 Å². The van der Waals surface area contributed by atoms with Crippen LogP contribution in [0, 0.1) is 0 Å². The summed E-state index contributed by atoms with van der Waals surface area (Å²) in [7, 11) is 3.21. The number of anilines is 2. The van der Waals surface area contributed by atoms with E-state index in [0.29, 0.717) is 36.2 Å². The number of hydrogen-bond donors (Lipinski definition) is 1. The van der Waals surface area contributed by atoms with Crippen LogP contribution in [0.2, 0.25) is 0 Å². The van der Waals surface area contributed by atoms with Crippen molar-refractivity contribution < 1.29 is 28.5 Å². The number of aryl methyl sites for hydroxylation is 1.